The monoisotopic (exact) mass is 502 g/mol. The first-order chi connectivity index (χ1) is 18.0. The summed E-state index contributed by atoms with van der Waals surface area (Å²) >= 11 is 0. The largest absolute Gasteiger partial charge is 0.493 e. The predicted molar refractivity (Wildman–Crippen MR) is 148 cm³/mol. The molecule has 37 heavy (non-hydrogen) atoms. The van der Waals surface area contributed by atoms with Gasteiger partial charge in [-0.2, -0.15) is 0 Å². The topological polar surface area (TPSA) is 60.0 Å². The molecule has 0 spiro atoms. The lowest BCUT2D eigenvalue weighted by atomic mass is 9.89. The summed E-state index contributed by atoms with van der Waals surface area (Å²) in [5.41, 5.74) is 3.32. The Labute approximate surface area is 220 Å². The Morgan fingerprint density at radius 2 is 1.65 bits per heavy atom. The summed E-state index contributed by atoms with van der Waals surface area (Å²) in [6.45, 7) is 6.60. The number of piperidine rings is 1. The summed E-state index contributed by atoms with van der Waals surface area (Å²) in [5, 5.41) is 3.03. The quantitative estimate of drug-likeness (QED) is 0.353. The molecular formula is C31H38N2O4. The van der Waals surface area contributed by atoms with E-state index in [0.717, 1.165) is 49.5 Å². The van der Waals surface area contributed by atoms with Crippen LogP contribution in [-0.4, -0.2) is 44.7 Å². The average molecular weight is 503 g/mol. The third-order valence-electron chi connectivity index (χ3n) is 6.97. The molecule has 3 aromatic rings. The van der Waals surface area contributed by atoms with Crippen molar-refractivity contribution in [3.63, 3.8) is 0 Å². The lowest BCUT2D eigenvalue weighted by Crippen LogP contribution is -2.37. The summed E-state index contributed by atoms with van der Waals surface area (Å²) in [4.78, 5) is 14.6. The molecule has 1 aliphatic heterocycles. The number of benzene rings is 3. The number of carbonyl (C=O) groups excluding carboxylic acids is 1. The van der Waals surface area contributed by atoms with Gasteiger partial charge in [0.25, 0.3) is 0 Å². The Morgan fingerprint density at radius 3 is 2.32 bits per heavy atom. The van der Waals surface area contributed by atoms with Crippen molar-refractivity contribution in [2.24, 2.45) is 5.92 Å². The smallest absolute Gasteiger partial charge is 0.226 e. The molecule has 1 N–H and O–H groups in total. The Balaban J connectivity index is 1.41. The van der Waals surface area contributed by atoms with Gasteiger partial charge < -0.3 is 19.5 Å². The standard InChI is InChI=1S/C31H38N2O4/c1-22(2)31(34)32-26-12-8-11-25(19-26)23-15-17-33(18-16-23)21-30(24-9-6-5-7-10-24)37-27-13-14-28(35-3)29(20-27)36-4/h5-14,19-20,22-23,30H,15-18,21H2,1-4H3,(H,32,34)/t30-/m0/s1. The van der Waals surface area contributed by atoms with Gasteiger partial charge in [-0.25, -0.2) is 0 Å². The molecular weight excluding hydrogens is 464 g/mol. The fourth-order valence-corrected chi connectivity index (χ4v) is 4.77. The molecule has 6 nitrogen and oxygen atoms in total. The van der Waals surface area contributed by atoms with Gasteiger partial charge in [0.1, 0.15) is 11.9 Å². The number of nitrogens with zero attached hydrogens (tertiary/aromatic N) is 1. The normalized spacial score (nSPS) is 15.3. The van der Waals surface area contributed by atoms with E-state index < -0.39 is 0 Å². The number of hydrogen-bond acceptors (Lipinski definition) is 5. The summed E-state index contributed by atoms with van der Waals surface area (Å²) in [7, 11) is 3.27. The summed E-state index contributed by atoms with van der Waals surface area (Å²) in [6.07, 6.45) is 2.03. The van der Waals surface area contributed by atoms with Gasteiger partial charge in [-0.1, -0.05) is 56.3 Å². The number of nitrogens with one attached hydrogen (secondary N) is 1. The van der Waals surface area contributed by atoms with Crippen molar-refractivity contribution in [3.05, 3.63) is 83.9 Å². The van der Waals surface area contributed by atoms with E-state index in [9.17, 15) is 4.79 Å². The van der Waals surface area contributed by atoms with Crippen molar-refractivity contribution in [2.45, 2.75) is 38.7 Å². The second kappa shape index (κ2) is 12.6. The first kappa shape index (κ1) is 26.6. The molecule has 1 saturated heterocycles. The minimum Gasteiger partial charge on any atom is -0.493 e. The zero-order valence-corrected chi connectivity index (χ0v) is 22.3. The first-order valence-corrected chi connectivity index (χ1v) is 13.0. The average Bonchev–Trinajstić information content (AvgIpc) is 2.93. The molecule has 1 amide bonds. The second-order valence-corrected chi connectivity index (χ2v) is 9.88. The second-order valence-electron chi connectivity index (χ2n) is 9.88. The summed E-state index contributed by atoms with van der Waals surface area (Å²) in [5.74, 6) is 2.58. The predicted octanol–water partition coefficient (Wildman–Crippen LogP) is 6.30. The maximum atomic E-state index is 12.1. The van der Waals surface area contributed by atoms with Crippen LogP contribution in [0.25, 0.3) is 0 Å². The number of carbonyl (C=O) groups is 1. The molecule has 0 unspecified atom stereocenters. The van der Waals surface area contributed by atoms with Crippen LogP contribution in [0.1, 0.15) is 49.8 Å². The van der Waals surface area contributed by atoms with Gasteiger partial charge in [0.2, 0.25) is 5.91 Å². The fraction of sp³-hybridized carbons (Fsp3) is 0.387. The number of anilines is 1. The molecule has 196 valence electrons. The molecule has 1 heterocycles. The number of rotatable bonds is 10. The highest BCUT2D eigenvalue weighted by molar-refractivity contribution is 5.92. The minimum absolute atomic E-state index is 0.0364. The Morgan fingerprint density at radius 1 is 0.919 bits per heavy atom. The molecule has 4 rings (SSSR count). The van der Waals surface area contributed by atoms with Gasteiger partial charge in [-0.15, -0.1) is 0 Å². The van der Waals surface area contributed by atoms with E-state index in [4.69, 9.17) is 14.2 Å². The number of hydrogen-bond donors (Lipinski definition) is 1. The Bertz CT molecular complexity index is 1160. The van der Waals surface area contributed by atoms with Gasteiger partial charge in [0.15, 0.2) is 11.5 Å². The van der Waals surface area contributed by atoms with Gasteiger partial charge in [0.05, 0.1) is 14.2 Å². The molecule has 0 saturated carbocycles. The third kappa shape index (κ3) is 7.04. The number of methoxy groups -OCH3 is 2. The molecule has 1 aliphatic rings. The van der Waals surface area contributed by atoms with E-state index in [0.29, 0.717) is 17.4 Å². The highest BCUT2D eigenvalue weighted by atomic mass is 16.5. The highest BCUT2D eigenvalue weighted by Crippen LogP contribution is 2.34. The van der Waals surface area contributed by atoms with Crippen LogP contribution in [0.4, 0.5) is 5.69 Å². The van der Waals surface area contributed by atoms with Crippen molar-refractivity contribution in [1.29, 1.82) is 0 Å². The van der Waals surface area contributed by atoms with E-state index in [2.05, 4.69) is 46.6 Å². The van der Waals surface area contributed by atoms with E-state index in [-0.39, 0.29) is 17.9 Å². The van der Waals surface area contributed by atoms with Crippen molar-refractivity contribution in [3.8, 4) is 17.2 Å². The molecule has 0 aromatic heterocycles. The van der Waals surface area contributed by atoms with Crippen LogP contribution in [-0.2, 0) is 4.79 Å². The lowest BCUT2D eigenvalue weighted by Gasteiger charge is -2.34. The lowest BCUT2D eigenvalue weighted by molar-refractivity contribution is -0.118. The molecule has 6 heteroatoms. The summed E-state index contributed by atoms with van der Waals surface area (Å²) in [6, 6.07) is 24.4. The van der Waals surface area contributed by atoms with Crippen molar-refractivity contribution >= 4 is 11.6 Å². The van der Waals surface area contributed by atoms with E-state index >= 15 is 0 Å². The Hall–Kier alpha value is -3.51. The van der Waals surface area contributed by atoms with Crippen molar-refractivity contribution < 1.29 is 19.0 Å². The fourth-order valence-electron chi connectivity index (χ4n) is 4.77. The third-order valence-corrected chi connectivity index (χ3v) is 6.97. The number of amides is 1. The van der Waals surface area contributed by atoms with E-state index in [1.807, 2.05) is 50.2 Å². The van der Waals surface area contributed by atoms with E-state index in [1.54, 1.807) is 14.2 Å². The molecule has 0 aliphatic carbocycles. The van der Waals surface area contributed by atoms with Crippen LogP contribution in [0.2, 0.25) is 0 Å². The van der Waals surface area contributed by atoms with Gasteiger partial charge in [-0.3, -0.25) is 9.69 Å². The Kier molecular flexibility index (Phi) is 9.07. The minimum atomic E-state index is -0.106. The van der Waals surface area contributed by atoms with Crippen LogP contribution < -0.4 is 19.5 Å². The summed E-state index contributed by atoms with van der Waals surface area (Å²) < 4.78 is 17.4. The zero-order chi connectivity index (χ0) is 26.2. The molecule has 1 fully saturated rings. The maximum Gasteiger partial charge on any atom is 0.226 e. The van der Waals surface area contributed by atoms with Crippen LogP contribution in [0.5, 0.6) is 17.2 Å². The van der Waals surface area contributed by atoms with Crippen LogP contribution >= 0.6 is 0 Å². The number of likely N-dealkylation sites (tertiary alicyclic amines) is 1. The molecule has 3 aromatic carbocycles. The van der Waals surface area contributed by atoms with Gasteiger partial charge in [-0.05, 0) is 67.2 Å². The SMILES string of the molecule is COc1ccc(O[C@@H](CN2CCC(c3cccc(NC(=O)C(C)C)c3)CC2)c2ccccc2)cc1OC. The van der Waals surface area contributed by atoms with Crippen molar-refractivity contribution in [2.75, 3.05) is 39.2 Å². The van der Waals surface area contributed by atoms with Crippen LogP contribution in [0.3, 0.4) is 0 Å². The van der Waals surface area contributed by atoms with Gasteiger partial charge >= 0.3 is 0 Å². The van der Waals surface area contributed by atoms with Crippen LogP contribution in [0.15, 0.2) is 72.8 Å². The molecule has 1 atom stereocenters. The van der Waals surface area contributed by atoms with Gasteiger partial charge in [0, 0.05) is 24.2 Å². The molecule has 0 bridgehead atoms. The maximum absolute atomic E-state index is 12.1. The number of ether oxygens (including phenoxy) is 3. The van der Waals surface area contributed by atoms with Crippen molar-refractivity contribution in [1.82, 2.24) is 4.90 Å². The molecule has 0 radical (unpaired) electrons. The zero-order valence-electron chi connectivity index (χ0n) is 22.3. The van der Waals surface area contributed by atoms with Crippen LogP contribution in [0, 0.1) is 5.92 Å². The highest BCUT2D eigenvalue weighted by Gasteiger charge is 2.25. The van der Waals surface area contributed by atoms with E-state index in [1.165, 1.54) is 5.56 Å². The first-order valence-electron chi connectivity index (χ1n) is 13.0.